The van der Waals surface area contributed by atoms with Crippen LogP contribution in [-0.2, 0) is 16.0 Å². The summed E-state index contributed by atoms with van der Waals surface area (Å²) in [6, 6.07) is 15.3. The minimum absolute atomic E-state index is 0.239. The number of hydrogen-bond acceptors (Lipinski definition) is 3. The molecule has 0 bridgehead atoms. The molecular weight excluding hydrogens is 357 g/mol. The van der Waals surface area contributed by atoms with E-state index in [2.05, 4.69) is 10.6 Å². The normalized spacial score (nSPS) is 12.6. The fraction of sp³-hybridized carbons (Fsp3) is 0.200. The van der Waals surface area contributed by atoms with E-state index in [4.69, 9.17) is 0 Å². The van der Waals surface area contributed by atoms with Crippen molar-refractivity contribution >= 4 is 17.4 Å². The predicted molar refractivity (Wildman–Crippen MR) is 97.1 cm³/mol. The summed E-state index contributed by atoms with van der Waals surface area (Å²) in [7, 11) is 0. The molecule has 0 saturated carbocycles. The van der Waals surface area contributed by atoms with Gasteiger partial charge in [0.05, 0.1) is 0 Å². The largest absolute Gasteiger partial charge is 0.454 e. The topological polar surface area (TPSA) is 58.2 Å². The summed E-state index contributed by atoms with van der Waals surface area (Å²) in [5.41, 5.74) is 2.36. The molecular formula is C20H19F3N2O2. The van der Waals surface area contributed by atoms with Gasteiger partial charge >= 0.3 is 6.18 Å². The second kappa shape index (κ2) is 9.02. The molecule has 27 heavy (non-hydrogen) atoms. The Morgan fingerprint density at radius 3 is 2.41 bits per heavy atom. The fourth-order valence-electron chi connectivity index (χ4n) is 2.36. The van der Waals surface area contributed by atoms with Crippen LogP contribution in [0.3, 0.4) is 0 Å². The molecule has 0 saturated heterocycles. The molecule has 1 unspecified atom stereocenters. The minimum Gasteiger partial charge on any atom is -0.379 e. The van der Waals surface area contributed by atoms with E-state index in [1.54, 1.807) is 42.5 Å². The van der Waals surface area contributed by atoms with Crippen molar-refractivity contribution in [3.63, 3.8) is 0 Å². The molecule has 2 N–H and O–H groups in total. The standard InChI is InChI=1S/C20H19F3N2O2/c1-14-6-5-9-16(12-14)25-19(27)17(13-15-7-3-2-4-8-15)24-11-10-18(26)20(21,22)23/h2-12,17,24H,13H2,1H3,(H,25,27)/b11-10+. The molecule has 0 heterocycles. The Morgan fingerprint density at radius 1 is 1.07 bits per heavy atom. The second-order valence-electron chi connectivity index (χ2n) is 5.96. The molecule has 1 atom stereocenters. The number of carbonyl (C=O) groups excluding carboxylic acids is 2. The Hall–Kier alpha value is -3.09. The van der Waals surface area contributed by atoms with Crippen LogP contribution in [0.1, 0.15) is 11.1 Å². The highest BCUT2D eigenvalue weighted by Gasteiger charge is 2.36. The van der Waals surface area contributed by atoms with Crippen LogP contribution in [0.2, 0.25) is 0 Å². The van der Waals surface area contributed by atoms with E-state index in [9.17, 15) is 22.8 Å². The lowest BCUT2D eigenvalue weighted by Gasteiger charge is -2.18. The summed E-state index contributed by atoms with van der Waals surface area (Å²) in [6.45, 7) is 1.88. The van der Waals surface area contributed by atoms with E-state index in [0.29, 0.717) is 11.8 Å². The van der Waals surface area contributed by atoms with E-state index >= 15 is 0 Å². The van der Waals surface area contributed by atoms with Crippen LogP contribution in [0.25, 0.3) is 0 Å². The number of ketones is 1. The molecule has 2 rings (SSSR count). The summed E-state index contributed by atoms with van der Waals surface area (Å²) in [4.78, 5) is 23.5. The smallest absolute Gasteiger partial charge is 0.379 e. The zero-order chi connectivity index (χ0) is 19.9. The zero-order valence-electron chi connectivity index (χ0n) is 14.6. The first kappa shape index (κ1) is 20.2. The van der Waals surface area contributed by atoms with Gasteiger partial charge in [0, 0.05) is 24.4 Å². The average Bonchev–Trinajstić information content (AvgIpc) is 2.60. The van der Waals surface area contributed by atoms with Gasteiger partial charge in [-0.15, -0.1) is 0 Å². The number of anilines is 1. The Bertz CT molecular complexity index is 817. The first-order valence-electron chi connectivity index (χ1n) is 8.21. The number of alkyl halides is 3. The number of carbonyl (C=O) groups is 2. The Labute approximate surface area is 155 Å². The zero-order valence-corrected chi connectivity index (χ0v) is 14.6. The average molecular weight is 376 g/mol. The number of benzene rings is 2. The molecule has 0 aliphatic rings. The highest BCUT2D eigenvalue weighted by molar-refractivity contribution is 5.96. The maximum Gasteiger partial charge on any atom is 0.454 e. The monoisotopic (exact) mass is 376 g/mol. The number of rotatable bonds is 7. The van der Waals surface area contributed by atoms with Gasteiger partial charge < -0.3 is 10.6 Å². The summed E-state index contributed by atoms with van der Waals surface area (Å²) in [6.07, 6.45) is -3.48. The number of halogens is 3. The van der Waals surface area contributed by atoms with Crippen LogP contribution in [0.15, 0.2) is 66.9 Å². The van der Waals surface area contributed by atoms with Crippen LogP contribution >= 0.6 is 0 Å². The lowest BCUT2D eigenvalue weighted by Crippen LogP contribution is -2.39. The third kappa shape index (κ3) is 6.62. The molecule has 0 radical (unpaired) electrons. The van der Waals surface area contributed by atoms with Crippen molar-refractivity contribution in [3.05, 3.63) is 78.0 Å². The molecule has 142 valence electrons. The Balaban J connectivity index is 2.12. The van der Waals surface area contributed by atoms with Crippen LogP contribution in [0, 0.1) is 6.92 Å². The molecule has 2 aromatic carbocycles. The lowest BCUT2D eigenvalue weighted by molar-refractivity contribution is -0.165. The van der Waals surface area contributed by atoms with Crippen molar-refractivity contribution in [3.8, 4) is 0 Å². The molecule has 2 aromatic rings. The molecule has 0 aliphatic carbocycles. The first-order chi connectivity index (χ1) is 12.8. The van der Waals surface area contributed by atoms with E-state index in [0.717, 1.165) is 17.3 Å². The summed E-state index contributed by atoms with van der Waals surface area (Å²) >= 11 is 0. The van der Waals surface area contributed by atoms with Crippen LogP contribution in [-0.4, -0.2) is 23.9 Å². The van der Waals surface area contributed by atoms with Gasteiger partial charge in [-0.05, 0) is 30.2 Å². The Morgan fingerprint density at radius 2 is 1.78 bits per heavy atom. The van der Waals surface area contributed by atoms with Gasteiger partial charge in [-0.3, -0.25) is 9.59 Å². The molecule has 0 aliphatic heterocycles. The Kier molecular flexibility index (Phi) is 6.76. The number of amides is 1. The molecule has 0 fully saturated rings. The van der Waals surface area contributed by atoms with E-state index in [-0.39, 0.29) is 6.42 Å². The minimum atomic E-state index is -4.95. The third-order valence-corrected chi connectivity index (χ3v) is 3.70. The molecule has 1 amide bonds. The molecule has 4 nitrogen and oxygen atoms in total. The predicted octanol–water partition coefficient (Wildman–Crippen LogP) is 3.78. The second-order valence-corrected chi connectivity index (χ2v) is 5.96. The molecule has 7 heteroatoms. The summed E-state index contributed by atoms with van der Waals surface area (Å²) in [5.74, 6) is -2.42. The van der Waals surface area contributed by atoms with E-state index < -0.39 is 23.9 Å². The van der Waals surface area contributed by atoms with Gasteiger partial charge in [-0.2, -0.15) is 13.2 Å². The van der Waals surface area contributed by atoms with Gasteiger partial charge in [-0.25, -0.2) is 0 Å². The summed E-state index contributed by atoms with van der Waals surface area (Å²) in [5, 5.41) is 5.32. The van der Waals surface area contributed by atoms with Gasteiger partial charge in [0.15, 0.2) is 0 Å². The first-order valence-corrected chi connectivity index (χ1v) is 8.21. The van der Waals surface area contributed by atoms with Crippen LogP contribution in [0.4, 0.5) is 18.9 Å². The summed E-state index contributed by atoms with van der Waals surface area (Å²) < 4.78 is 36.9. The lowest BCUT2D eigenvalue weighted by atomic mass is 10.1. The maximum absolute atomic E-state index is 12.6. The van der Waals surface area contributed by atoms with E-state index in [1.165, 1.54) is 0 Å². The highest BCUT2D eigenvalue weighted by atomic mass is 19.4. The number of allylic oxidation sites excluding steroid dienone is 1. The van der Waals surface area contributed by atoms with Gasteiger partial charge in [0.2, 0.25) is 5.91 Å². The highest BCUT2D eigenvalue weighted by Crippen LogP contribution is 2.16. The van der Waals surface area contributed by atoms with Gasteiger partial charge in [0.1, 0.15) is 6.04 Å². The van der Waals surface area contributed by atoms with Crippen molar-refractivity contribution in [1.29, 1.82) is 0 Å². The number of aryl methyl sites for hydroxylation is 1. The molecule has 0 aromatic heterocycles. The quantitative estimate of drug-likeness (QED) is 0.723. The van der Waals surface area contributed by atoms with Gasteiger partial charge in [0.25, 0.3) is 5.78 Å². The fourth-order valence-corrected chi connectivity index (χ4v) is 2.36. The maximum atomic E-state index is 12.6. The van der Waals surface area contributed by atoms with Crippen molar-refractivity contribution in [2.45, 2.75) is 25.6 Å². The van der Waals surface area contributed by atoms with Crippen molar-refractivity contribution < 1.29 is 22.8 Å². The van der Waals surface area contributed by atoms with Crippen LogP contribution < -0.4 is 10.6 Å². The third-order valence-electron chi connectivity index (χ3n) is 3.70. The van der Waals surface area contributed by atoms with Crippen molar-refractivity contribution in [1.82, 2.24) is 5.32 Å². The molecule has 0 spiro atoms. The van der Waals surface area contributed by atoms with Crippen molar-refractivity contribution in [2.24, 2.45) is 0 Å². The number of hydrogen-bond donors (Lipinski definition) is 2. The van der Waals surface area contributed by atoms with E-state index in [1.807, 2.05) is 19.1 Å². The van der Waals surface area contributed by atoms with Gasteiger partial charge in [-0.1, -0.05) is 42.5 Å². The SMILES string of the molecule is Cc1cccc(NC(=O)C(Cc2ccccc2)N/C=C/C(=O)C(F)(F)F)c1. The number of nitrogens with one attached hydrogen (secondary N) is 2. The van der Waals surface area contributed by atoms with Crippen molar-refractivity contribution in [2.75, 3.05) is 5.32 Å². The van der Waals surface area contributed by atoms with Crippen LogP contribution in [0.5, 0.6) is 0 Å².